The van der Waals surface area contributed by atoms with Crippen LogP contribution in [0.2, 0.25) is 0 Å². The number of thiol groups is 1. The summed E-state index contributed by atoms with van der Waals surface area (Å²) >= 11 is 3.97. The maximum absolute atomic E-state index is 10.7. The molecule has 66 valence electrons. The van der Waals surface area contributed by atoms with E-state index in [1.807, 2.05) is 6.92 Å². The van der Waals surface area contributed by atoms with E-state index in [4.69, 9.17) is 4.74 Å². The summed E-state index contributed by atoms with van der Waals surface area (Å²) in [5, 5.41) is 2.36. The van der Waals surface area contributed by atoms with E-state index >= 15 is 0 Å². The van der Waals surface area contributed by atoms with Crippen molar-refractivity contribution in [2.24, 2.45) is 0 Å². The Kier molecular flexibility index (Phi) is 6.12. The Morgan fingerprint density at radius 2 is 2.36 bits per heavy atom. The maximum atomic E-state index is 10.7. The summed E-state index contributed by atoms with van der Waals surface area (Å²) in [6.45, 7) is 4.30. The molecule has 0 rings (SSSR count). The second kappa shape index (κ2) is 6.34. The number of carbonyl (C=O) groups is 1. The molecule has 1 N–H and O–H groups in total. The predicted octanol–water partition coefficient (Wildman–Crippen LogP) is 1.79. The molecule has 0 heterocycles. The van der Waals surface area contributed by atoms with Crippen molar-refractivity contribution in [2.45, 2.75) is 32.1 Å². The zero-order valence-electron chi connectivity index (χ0n) is 6.96. The topological polar surface area (TPSA) is 38.3 Å². The van der Waals surface area contributed by atoms with Gasteiger partial charge in [0.1, 0.15) is 0 Å². The van der Waals surface area contributed by atoms with Gasteiger partial charge >= 0.3 is 6.09 Å². The van der Waals surface area contributed by atoms with E-state index in [9.17, 15) is 4.79 Å². The lowest BCUT2D eigenvalue weighted by atomic mass is 10.4. The van der Waals surface area contributed by atoms with Crippen molar-refractivity contribution in [1.29, 1.82) is 0 Å². The zero-order valence-corrected chi connectivity index (χ0v) is 7.86. The number of hydrogen-bond donors (Lipinski definition) is 2. The van der Waals surface area contributed by atoms with E-state index < -0.39 is 0 Å². The molecule has 4 heteroatoms. The van der Waals surface area contributed by atoms with Gasteiger partial charge in [0.2, 0.25) is 0 Å². The Morgan fingerprint density at radius 1 is 1.73 bits per heavy atom. The van der Waals surface area contributed by atoms with Crippen LogP contribution >= 0.6 is 12.6 Å². The van der Waals surface area contributed by atoms with Crippen molar-refractivity contribution in [2.75, 3.05) is 6.61 Å². The largest absolute Gasteiger partial charge is 0.450 e. The molecule has 0 saturated carbocycles. The summed E-state index contributed by atoms with van der Waals surface area (Å²) < 4.78 is 4.79. The summed E-state index contributed by atoms with van der Waals surface area (Å²) in [6.07, 6.45) is 1.55. The molecule has 0 radical (unpaired) electrons. The molecule has 0 spiro atoms. The predicted molar refractivity (Wildman–Crippen MR) is 47.8 cm³/mol. The van der Waals surface area contributed by atoms with Gasteiger partial charge in [0, 0.05) is 0 Å². The fraction of sp³-hybridized carbons (Fsp3) is 0.857. The zero-order chi connectivity index (χ0) is 8.69. The average Bonchev–Trinajstić information content (AvgIpc) is 1.86. The molecule has 1 amide bonds. The number of alkyl carbamates (subject to hydrolysis) is 1. The van der Waals surface area contributed by atoms with Gasteiger partial charge in [-0.1, -0.05) is 13.3 Å². The first-order valence-electron chi connectivity index (χ1n) is 3.78. The third-order valence-electron chi connectivity index (χ3n) is 1.06. The number of nitrogens with one attached hydrogen (secondary N) is 1. The Balaban J connectivity index is 3.23. The first-order chi connectivity index (χ1) is 5.16. The minimum atomic E-state index is -0.388. The van der Waals surface area contributed by atoms with Crippen LogP contribution in [-0.2, 0) is 4.74 Å². The number of rotatable bonds is 4. The number of unbranched alkanes of at least 4 members (excludes halogenated alkanes) is 1. The normalized spacial score (nSPS) is 12.3. The van der Waals surface area contributed by atoms with Crippen molar-refractivity contribution in [1.82, 2.24) is 5.32 Å². The Hall–Kier alpha value is -0.380. The van der Waals surface area contributed by atoms with Gasteiger partial charge < -0.3 is 10.1 Å². The van der Waals surface area contributed by atoms with Crippen LogP contribution in [0, 0.1) is 0 Å². The lowest BCUT2D eigenvalue weighted by Crippen LogP contribution is -2.29. The smallest absolute Gasteiger partial charge is 0.407 e. The monoisotopic (exact) mass is 177 g/mol. The standard InChI is InChI=1S/C7H15NO2S/c1-3-4-5-10-7(9)8-6(2)11/h6,11H,3-5H2,1-2H3,(H,8,9). The van der Waals surface area contributed by atoms with Crippen LogP contribution in [0.15, 0.2) is 0 Å². The number of carbonyl (C=O) groups excluding carboxylic acids is 1. The highest BCUT2D eigenvalue weighted by atomic mass is 32.1. The molecule has 0 aromatic rings. The third-order valence-corrected chi connectivity index (χ3v) is 1.19. The van der Waals surface area contributed by atoms with Crippen LogP contribution in [-0.4, -0.2) is 18.1 Å². The lowest BCUT2D eigenvalue weighted by molar-refractivity contribution is 0.144. The minimum absolute atomic E-state index is 0.149. The number of hydrogen-bond acceptors (Lipinski definition) is 3. The van der Waals surface area contributed by atoms with Crippen LogP contribution in [0.1, 0.15) is 26.7 Å². The molecule has 1 atom stereocenters. The van der Waals surface area contributed by atoms with Crippen molar-refractivity contribution >= 4 is 18.7 Å². The van der Waals surface area contributed by atoms with Crippen molar-refractivity contribution in [3.63, 3.8) is 0 Å². The second-order valence-corrected chi connectivity index (χ2v) is 3.08. The molecule has 0 aliphatic heterocycles. The van der Waals surface area contributed by atoms with Crippen molar-refractivity contribution in [3.8, 4) is 0 Å². The van der Waals surface area contributed by atoms with Gasteiger partial charge in [-0.3, -0.25) is 0 Å². The fourth-order valence-electron chi connectivity index (χ4n) is 0.521. The van der Waals surface area contributed by atoms with Gasteiger partial charge in [-0.2, -0.15) is 12.6 Å². The van der Waals surface area contributed by atoms with Gasteiger partial charge in [0.25, 0.3) is 0 Å². The first-order valence-corrected chi connectivity index (χ1v) is 4.29. The van der Waals surface area contributed by atoms with Crippen LogP contribution in [0.25, 0.3) is 0 Å². The van der Waals surface area contributed by atoms with E-state index in [0.29, 0.717) is 6.61 Å². The average molecular weight is 177 g/mol. The molecule has 0 saturated heterocycles. The van der Waals surface area contributed by atoms with E-state index in [1.165, 1.54) is 0 Å². The van der Waals surface area contributed by atoms with Crippen molar-refractivity contribution in [3.05, 3.63) is 0 Å². The van der Waals surface area contributed by atoms with Crippen LogP contribution in [0.5, 0.6) is 0 Å². The maximum Gasteiger partial charge on any atom is 0.407 e. The molecule has 0 aliphatic rings. The van der Waals surface area contributed by atoms with Gasteiger partial charge in [0.15, 0.2) is 0 Å². The van der Waals surface area contributed by atoms with E-state index in [1.54, 1.807) is 6.92 Å². The molecule has 0 aromatic carbocycles. The molecular formula is C7H15NO2S. The Labute approximate surface area is 72.9 Å². The highest BCUT2D eigenvalue weighted by molar-refractivity contribution is 7.80. The summed E-state index contributed by atoms with van der Waals surface area (Å²) in [5.74, 6) is 0. The second-order valence-electron chi connectivity index (χ2n) is 2.31. The molecular weight excluding hydrogens is 162 g/mol. The third kappa shape index (κ3) is 7.52. The van der Waals surface area contributed by atoms with E-state index in [2.05, 4.69) is 17.9 Å². The Morgan fingerprint density at radius 3 is 2.82 bits per heavy atom. The SMILES string of the molecule is CCCCOC(=O)NC(C)S. The summed E-state index contributed by atoms with van der Waals surface area (Å²) in [6, 6.07) is 0. The molecule has 0 bridgehead atoms. The highest BCUT2D eigenvalue weighted by Crippen LogP contribution is 1.91. The molecule has 3 nitrogen and oxygen atoms in total. The molecule has 1 unspecified atom stereocenters. The number of amides is 1. The molecule has 11 heavy (non-hydrogen) atoms. The lowest BCUT2D eigenvalue weighted by Gasteiger charge is -2.07. The van der Waals surface area contributed by atoms with Gasteiger partial charge in [-0.25, -0.2) is 4.79 Å². The van der Waals surface area contributed by atoms with Gasteiger partial charge in [-0.05, 0) is 13.3 Å². The summed E-state index contributed by atoms with van der Waals surface area (Å²) in [5.41, 5.74) is 0. The molecule has 0 aliphatic carbocycles. The van der Waals surface area contributed by atoms with E-state index in [0.717, 1.165) is 12.8 Å². The van der Waals surface area contributed by atoms with Crippen LogP contribution < -0.4 is 5.32 Å². The highest BCUT2D eigenvalue weighted by Gasteiger charge is 2.02. The van der Waals surface area contributed by atoms with Gasteiger partial charge in [-0.15, -0.1) is 0 Å². The molecule has 0 aromatic heterocycles. The van der Waals surface area contributed by atoms with E-state index in [-0.39, 0.29) is 11.5 Å². The fourth-order valence-corrected chi connectivity index (χ4v) is 0.627. The van der Waals surface area contributed by atoms with Crippen LogP contribution in [0.3, 0.4) is 0 Å². The van der Waals surface area contributed by atoms with Crippen LogP contribution in [0.4, 0.5) is 4.79 Å². The summed E-state index contributed by atoms with van der Waals surface area (Å²) in [4.78, 5) is 10.7. The number of ether oxygens (including phenoxy) is 1. The van der Waals surface area contributed by atoms with Crippen molar-refractivity contribution < 1.29 is 9.53 Å². The summed E-state index contributed by atoms with van der Waals surface area (Å²) in [7, 11) is 0. The quantitative estimate of drug-likeness (QED) is 0.390. The minimum Gasteiger partial charge on any atom is -0.450 e. The molecule has 0 fully saturated rings. The van der Waals surface area contributed by atoms with Gasteiger partial charge in [0.05, 0.1) is 12.0 Å². The Bertz CT molecular complexity index is 117. The first kappa shape index (κ1) is 10.6.